The zero-order chi connectivity index (χ0) is 15.2. The SMILES string of the molecule is CCCc1cccc(-c2cc(NCC)nc(C(C)C)n2)c1. The maximum absolute atomic E-state index is 4.74. The zero-order valence-electron chi connectivity index (χ0n) is 13.5. The van der Waals surface area contributed by atoms with Crippen LogP contribution in [0.2, 0.25) is 0 Å². The molecule has 112 valence electrons. The first-order chi connectivity index (χ1) is 10.1. The van der Waals surface area contributed by atoms with Crippen molar-refractivity contribution in [1.29, 1.82) is 0 Å². The number of hydrogen-bond acceptors (Lipinski definition) is 3. The molecule has 0 bridgehead atoms. The standard InChI is InChI=1S/C18H25N3/c1-5-8-14-9-7-10-15(11-14)16-12-17(19-6-2)21-18(20-16)13(3)4/h7,9-13H,5-6,8H2,1-4H3,(H,19,20,21). The second kappa shape index (κ2) is 7.21. The molecule has 0 aliphatic heterocycles. The summed E-state index contributed by atoms with van der Waals surface area (Å²) in [6.07, 6.45) is 2.27. The molecule has 0 radical (unpaired) electrons. The van der Waals surface area contributed by atoms with Crippen molar-refractivity contribution in [2.24, 2.45) is 0 Å². The van der Waals surface area contributed by atoms with Crippen molar-refractivity contribution in [3.8, 4) is 11.3 Å². The Balaban J connectivity index is 2.44. The van der Waals surface area contributed by atoms with E-state index in [1.165, 1.54) is 11.1 Å². The smallest absolute Gasteiger partial charge is 0.133 e. The molecular formula is C18H25N3. The largest absolute Gasteiger partial charge is 0.370 e. The van der Waals surface area contributed by atoms with Crippen molar-refractivity contribution in [3.05, 3.63) is 41.7 Å². The summed E-state index contributed by atoms with van der Waals surface area (Å²) < 4.78 is 0. The first-order valence-electron chi connectivity index (χ1n) is 7.86. The van der Waals surface area contributed by atoms with E-state index < -0.39 is 0 Å². The van der Waals surface area contributed by atoms with Crippen LogP contribution in [0.15, 0.2) is 30.3 Å². The monoisotopic (exact) mass is 283 g/mol. The first kappa shape index (κ1) is 15.5. The average Bonchev–Trinajstić information content (AvgIpc) is 2.48. The fourth-order valence-electron chi connectivity index (χ4n) is 2.32. The van der Waals surface area contributed by atoms with Crippen molar-refractivity contribution >= 4 is 5.82 Å². The Hall–Kier alpha value is -1.90. The van der Waals surface area contributed by atoms with Crippen LogP contribution in [0, 0.1) is 0 Å². The molecule has 0 saturated heterocycles. The first-order valence-corrected chi connectivity index (χ1v) is 7.86. The lowest BCUT2D eigenvalue weighted by Crippen LogP contribution is -2.06. The van der Waals surface area contributed by atoms with E-state index in [0.717, 1.165) is 36.7 Å². The molecule has 0 unspecified atom stereocenters. The molecule has 1 N–H and O–H groups in total. The number of benzene rings is 1. The van der Waals surface area contributed by atoms with Gasteiger partial charge in [-0.25, -0.2) is 9.97 Å². The van der Waals surface area contributed by atoms with Crippen LogP contribution < -0.4 is 5.32 Å². The van der Waals surface area contributed by atoms with Crippen LogP contribution >= 0.6 is 0 Å². The van der Waals surface area contributed by atoms with Crippen molar-refractivity contribution in [1.82, 2.24) is 9.97 Å². The van der Waals surface area contributed by atoms with Gasteiger partial charge in [-0.2, -0.15) is 0 Å². The van der Waals surface area contributed by atoms with E-state index in [0.29, 0.717) is 5.92 Å². The Labute approximate surface area is 127 Å². The third-order valence-electron chi connectivity index (χ3n) is 3.38. The van der Waals surface area contributed by atoms with Crippen molar-refractivity contribution in [3.63, 3.8) is 0 Å². The van der Waals surface area contributed by atoms with E-state index in [9.17, 15) is 0 Å². The van der Waals surface area contributed by atoms with Gasteiger partial charge in [-0.1, -0.05) is 45.4 Å². The Bertz CT molecular complexity index is 591. The van der Waals surface area contributed by atoms with Gasteiger partial charge in [-0.3, -0.25) is 0 Å². The van der Waals surface area contributed by atoms with Gasteiger partial charge in [0.25, 0.3) is 0 Å². The fraction of sp³-hybridized carbons (Fsp3) is 0.444. The van der Waals surface area contributed by atoms with E-state index in [4.69, 9.17) is 4.98 Å². The second-order valence-electron chi connectivity index (χ2n) is 5.63. The highest BCUT2D eigenvalue weighted by molar-refractivity contribution is 5.63. The van der Waals surface area contributed by atoms with E-state index in [2.05, 4.69) is 62.3 Å². The summed E-state index contributed by atoms with van der Waals surface area (Å²) in [6, 6.07) is 10.7. The number of rotatable bonds is 6. The molecule has 3 nitrogen and oxygen atoms in total. The quantitative estimate of drug-likeness (QED) is 0.838. The highest BCUT2D eigenvalue weighted by Gasteiger charge is 2.09. The van der Waals surface area contributed by atoms with Crippen molar-refractivity contribution in [2.45, 2.75) is 46.5 Å². The van der Waals surface area contributed by atoms with Crippen molar-refractivity contribution in [2.75, 3.05) is 11.9 Å². The molecular weight excluding hydrogens is 258 g/mol. The summed E-state index contributed by atoms with van der Waals surface area (Å²) in [6.45, 7) is 9.41. The minimum atomic E-state index is 0.321. The Kier molecular flexibility index (Phi) is 5.32. The minimum Gasteiger partial charge on any atom is -0.370 e. The number of anilines is 1. The molecule has 1 heterocycles. The fourth-order valence-corrected chi connectivity index (χ4v) is 2.32. The van der Waals surface area contributed by atoms with Gasteiger partial charge in [-0.05, 0) is 25.0 Å². The number of aromatic nitrogens is 2. The normalized spacial score (nSPS) is 10.9. The van der Waals surface area contributed by atoms with Gasteiger partial charge in [0.15, 0.2) is 0 Å². The molecule has 1 aromatic carbocycles. The highest BCUT2D eigenvalue weighted by Crippen LogP contribution is 2.23. The molecule has 0 aliphatic carbocycles. The van der Waals surface area contributed by atoms with E-state index in [1.807, 2.05) is 6.07 Å². The molecule has 0 spiro atoms. The van der Waals surface area contributed by atoms with Crippen LogP contribution in [-0.4, -0.2) is 16.5 Å². The molecule has 3 heteroatoms. The summed E-state index contributed by atoms with van der Waals surface area (Å²) in [7, 11) is 0. The van der Waals surface area contributed by atoms with E-state index in [-0.39, 0.29) is 0 Å². The second-order valence-corrected chi connectivity index (χ2v) is 5.63. The summed E-state index contributed by atoms with van der Waals surface area (Å²) in [5.41, 5.74) is 3.54. The summed E-state index contributed by atoms with van der Waals surface area (Å²) in [5.74, 6) is 2.12. The molecule has 1 aromatic heterocycles. The Morgan fingerprint density at radius 2 is 1.90 bits per heavy atom. The lowest BCUT2D eigenvalue weighted by molar-refractivity contribution is 0.776. The van der Waals surface area contributed by atoms with Crippen LogP contribution in [0.1, 0.15) is 51.4 Å². The summed E-state index contributed by atoms with van der Waals surface area (Å²) in [4.78, 5) is 9.32. The van der Waals surface area contributed by atoms with Crippen LogP contribution in [0.5, 0.6) is 0 Å². The van der Waals surface area contributed by atoms with Crippen LogP contribution in [-0.2, 0) is 6.42 Å². The third-order valence-corrected chi connectivity index (χ3v) is 3.38. The molecule has 2 rings (SSSR count). The predicted octanol–water partition coefficient (Wildman–Crippen LogP) is 4.65. The van der Waals surface area contributed by atoms with Crippen LogP contribution in [0.3, 0.4) is 0 Å². The topological polar surface area (TPSA) is 37.8 Å². The number of hydrogen-bond donors (Lipinski definition) is 1. The zero-order valence-corrected chi connectivity index (χ0v) is 13.5. The van der Waals surface area contributed by atoms with Gasteiger partial charge in [0, 0.05) is 24.1 Å². The average molecular weight is 283 g/mol. The number of aryl methyl sites for hydroxylation is 1. The van der Waals surface area contributed by atoms with Gasteiger partial charge >= 0.3 is 0 Å². The number of nitrogens with zero attached hydrogens (tertiary/aromatic N) is 2. The molecule has 2 aromatic rings. The molecule has 0 amide bonds. The molecule has 0 aliphatic rings. The maximum atomic E-state index is 4.74. The maximum Gasteiger partial charge on any atom is 0.133 e. The lowest BCUT2D eigenvalue weighted by atomic mass is 10.0. The van der Waals surface area contributed by atoms with Gasteiger partial charge < -0.3 is 5.32 Å². The molecule has 0 fully saturated rings. The third kappa shape index (κ3) is 4.03. The van der Waals surface area contributed by atoms with Gasteiger partial charge in [-0.15, -0.1) is 0 Å². The van der Waals surface area contributed by atoms with Crippen LogP contribution in [0.25, 0.3) is 11.3 Å². The summed E-state index contributed by atoms with van der Waals surface area (Å²) >= 11 is 0. The van der Waals surface area contributed by atoms with Crippen molar-refractivity contribution < 1.29 is 0 Å². The van der Waals surface area contributed by atoms with Crippen LogP contribution in [0.4, 0.5) is 5.82 Å². The Morgan fingerprint density at radius 1 is 1.10 bits per heavy atom. The highest BCUT2D eigenvalue weighted by atomic mass is 15.0. The number of nitrogens with one attached hydrogen (secondary N) is 1. The van der Waals surface area contributed by atoms with E-state index in [1.54, 1.807) is 0 Å². The molecule has 21 heavy (non-hydrogen) atoms. The molecule has 0 saturated carbocycles. The van der Waals surface area contributed by atoms with E-state index >= 15 is 0 Å². The Morgan fingerprint density at radius 3 is 2.57 bits per heavy atom. The predicted molar refractivity (Wildman–Crippen MR) is 89.7 cm³/mol. The lowest BCUT2D eigenvalue weighted by Gasteiger charge is -2.11. The minimum absolute atomic E-state index is 0.321. The summed E-state index contributed by atoms with van der Waals surface area (Å²) in [5, 5.41) is 3.30. The van der Waals surface area contributed by atoms with Gasteiger partial charge in [0.1, 0.15) is 11.6 Å². The molecule has 0 atom stereocenters. The van der Waals surface area contributed by atoms with Gasteiger partial charge in [0.05, 0.1) is 5.69 Å². The van der Waals surface area contributed by atoms with Gasteiger partial charge in [0.2, 0.25) is 0 Å².